The van der Waals surface area contributed by atoms with E-state index < -0.39 is 23.1 Å². The Hall–Kier alpha value is -1.47. The summed E-state index contributed by atoms with van der Waals surface area (Å²) in [6.07, 6.45) is -0.327. The lowest BCUT2D eigenvalue weighted by Gasteiger charge is -2.29. The molecule has 7 heteroatoms. The highest BCUT2D eigenvalue weighted by Gasteiger charge is 2.33. The average Bonchev–Trinajstić information content (AvgIpc) is 2.38. The fraction of sp³-hybridized carbons (Fsp3) is 0.467. The number of ether oxygens (including phenoxy) is 1. The SMILES string of the molecule is CC(C)(C)OC(=O)NC(C=O)(CN)Cc1ccc(Br)cc1F. The molecule has 1 aromatic carbocycles. The van der Waals surface area contributed by atoms with Gasteiger partial charge in [0.2, 0.25) is 0 Å². The van der Waals surface area contributed by atoms with Crippen LogP contribution in [0.2, 0.25) is 0 Å². The summed E-state index contributed by atoms with van der Waals surface area (Å²) in [4.78, 5) is 23.3. The van der Waals surface area contributed by atoms with Crippen LogP contribution in [0.4, 0.5) is 9.18 Å². The summed E-state index contributed by atoms with van der Waals surface area (Å²) in [6.45, 7) is 4.93. The van der Waals surface area contributed by atoms with Gasteiger partial charge in [-0.25, -0.2) is 9.18 Å². The van der Waals surface area contributed by atoms with Crippen LogP contribution in [-0.2, 0) is 16.0 Å². The van der Waals surface area contributed by atoms with Crippen LogP contribution in [0, 0.1) is 5.82 Å². The Kier molecular flexibility index (Phi) is 6.08. The smallest absolute Gasteiger partial charge is 0.408 e. The van der Waals surface area contributed by atoms with Crippen LogP contribution in [0.25, 0.3) is 0 Å². The van der Waals surface area contributed by atoms with Crippen molar-refractivity contribution in [3.8, 4) is 0 Å². The lowest BCUT2D eigenvalue weighted by Crippen LogP contribution is -2.57. The monoisotopic (exact) mass is 374 g/mol. The van der Waals surface area contributed by atoms with Gasteiger partial charge in [-0.05, 0) is 38.5 Å². The first kappa shape index (κ1) is 18.6. The topological polar surface area (TPSA) is 81.4 Å². The number of alkyl carbamates (subject to hydrolysis) is 1. The molecule has 0 spiro atoms. The average molecular weight is 375 g/mol. The Bertz CT molecular complexity index is 560. The summed E-state index contributed by atoms with van der Waals surface area (Å²) < 4.78 is 19.6. The van der Waals surface area contributed by atoms with E-state index in [2.05, 4.69) is 21.2 Å². The zero-order valence-corrected chi connectivity index (χ0v) is 14.4. The third kappa shape index (κ3) is 5.38. The van der Waals surface area contributed by atoms with E-state index in [1.54, 1.807) is 26.8 Å². The fourth-order valence-electron chi connectivity index (χ4n) is 1.80. The Morgan fingerprint density at radius 3 is 2.55 bits per heavy atom. The minimum absolute atomic E-state index is 0.0641. The quantitative estimate of drug-likeness (QED) is 0.775. The molecular formula is C15H20BrFN2O3. The lowest BCUT2D eigenvalue weighted by atomic mass is 9.92. The van der Waals surface area contributed by atoms with Gasteiger partial charge in [0.25, 0.3) is 0 Å². The van der Waals surface area contributed by atoms with E-state index in [9.17, 15) is 14.0 Å². The van der Waals surface area contributed by atoms with Crippen molar-refractivity contribution in [1.29, 1.82) is 0 Å². The molecule has 1 amide bonds. The molecule has 0 bridgehead atoms. The van der Waals surface area contributed by atoms with Crippen LogP contribution < -0.4 is 11.1 Å². The number of nitrogens with one attached hydrogen (secondary N) is 1. The molecule has 1 unspecified atom stereocenters. The summed E-state index contributed by atoms with van der Waals surface area (Å²) >= 11 is 3.16. The van der Waals surface area contributed by atoms with Gasteiger partial charge in [0.05, 0.1) is 0 Å². The normalized spacial score (nSPS) is 14.1. The number of nitrogens with two attached hydrogens (primary N) is 1. The maximum Gasteiger partial charge on any atom is 0.408 e. The number of amides is 1. The molecular weight excluding hydrogens is 355 g/mol. The first-order valence-corrected chi connectivity index (χ1v) is 7.51. The standard InChI is InChI=1S/C15H20BrFN2O3/c1-14(2,3)22-13(21)19-15(8-18,9-20)7-10-4-5-11(16)6-12(10)17/h4-6,9H,7-8,18H2,1-3H3,(H,19,21). The minimum Gasteiger partial charge on any atom is -0.444 e. The van der Waals surface area contributed by atoms with Crippen molar-refractivity contribution in [3.05, 3.63) is 34.1 Å². The van der Waals surface area contributed by atoms with E-state index in [-0.39, 0.29) is 18.5 Å². The van der Waals surface area contributed by atoms with Crippen molar-refractivity contribution in [1.82, 2.24) is 5.32 Å². The molecule has 22 heavy (non-hydrogen) atoms. The lowest BCUT2D eigenvalue weighted by molar-refractivity contribution is -0.113. The van der Waals surface area contributed by atoms with Gasteiger partial charge in [-0.2, -0.15) is 0 Å². The van der Waals surface area contributed by atoms with Crippen LogP contribution in [-0.4, -0.2) is 30.1 Å². The minimum atomic E-state index is -1.42. The second-order valence-electron chi connectivity index (χ2n) is 6.02. The predicted molar refractivity (Wildman–Crippen MR) is 85.0 cm³/mol. The molecule has 0 aliphatic heterocycles. The van der Waals surface area contributed by atoms with Gasteiger partial charge in [0.1, 0.15) is 23.2 Å². The van der Waals surface area contributed by atoms with Gasteiger partial charge in [0, 0.05) is 17.4 Å². The van der Waals surface area contributed by atoms with E-state index in [1.165, 1.54) is 12.1 Å². The number of benzene rings is 1. The summed E-state index contributed by atoms with van der Waals surface area (Å²) in [5.74, 6) is -0.486. The van der Waals surface area contributed by atoms with Gasteiger partial charge >= 0.3 is 6.09 Å². The molecule has 1 rings (SSSR count). The third-order valence-electron chi connectivity index (χ3n) is 2.86. The van der Waals surface area contributed by atoms with Crippen LogP contribution in [0.15, 0.2) is 22.7 Å². The Morgan fingerprint density at radius 1 is 1.45 bits per heavy atom. The Morgan fingerprint density at radius 2 is 2.09 bits per heavy atom. The molecule has 0 saturated heterocycles. The number of hydrogen-bond donors (Lipinski definition) is 2. The Balaban J connectivity index is 2.96. The molecule has 5 nitrogen and oxygen atoms in total. The van der Waals surface area contributed by atoms with E-state index in [0.29, 0.717) is 10.8 Å². The summed E-state index contributed by atoms with van der Waals surface area (Å²) in [6, 6.07) is 4.47. The zero-order valence-electron chi connectivity index (χ0n) is 12.8. The van der Waals surface area contributed by atoms with Crippen molar-refractivity contribution < 1.29 is 18.7 Å². The molecule has 122 valence electrons. The largest absolute Gasteiger partial charge is 0.444 e. The number of halogens is 2. The van der Waals surface area contributed by atoms with Crippen molar-refractivity contribution >= 4 is 28.3 Å². The van der Waals surface area contributed by atoms with Crippen molar-refractivity contribution in [2.75, 3.05) is 6.54 Å². The van der Waals surface area contributed by atoms with Crippen LogP contribution >= 0.6 is 15.9 Å². The van der Waals surface area contributed by atoms with Gasteiger partial charge in [-0.1, -0.05) is 22.0 Å². The number of aldehydes is 1. The highest BCUT2D eigenvalue weighted by Crippen LogP contribution is 2.20. The second-order valence-corrected chi connectivity index (χ2v) is 6.93. The van der Waals surface area contributed by atoms with Crippen LogP contribution in [0.3, 0.4) is 0 Å². The molecule has 0 saturated carbocycles. The predicted octanol–water partition coefficient (Wildman–Crippen LogP) is 2.55. The molecule has 1 aromatic rings. The van der Waals surface area contributed by atoms with Crippen molar-refractivity contribution in [2.24, 2.45) is 5.73 Å². The van der Waals surface area contributed by atoms with Gasteiger partial charge in [0.15, 0.2) is 0 Å². The van der Waals surface area contributed by atoms with E-state index in [0.717, 1.165) is 0 Å². The number of hydrogen-bond acceptors (Lipinski definition) is 4. The first-order valence-electron chi connectivity index (χ1n) is 6.72. The summed E-state index contributed by atoms with van der Waals surface area (Å²) in [7, 11) is 0. The zero-order chi connectivity index (χ0) is 17.0. The van der Waals surface area contributed by atoms with Gasteiger partial charge in [-0.15, -0.1) is 0 Å². The van der Waals surface area contributed by atoms with Crippen molar-refractivity contribution in [3.63, 3.8) is 0 Å². The molecule has 0 aliphatic carbocycles. The molecule has 0 aromatic heterocycles. The molecule has 0 aliphatic rings. The molecule has 0 heterocycles. The van der Waals surface area contributed by atoms with Gasteiger partial charge in [-0.3, -0.25) is 0 Å². The number of rotatable bonds is 5. The maximum atomic E-state index is 13.9. The van der Waals surface area contributed by atoms with E-state index in [4.69, 9.17) is 10.5 Å². The van der Waals surface area contributed by atoms with E-state index in [1.807, 2.05) is 0 Å². The maximum absolute atomic E-state index is 13.9. The van der Waals surface area contributed by atoms with Crippen molar-refractivity contribution in [2.45, 2.75) is 38.3 Å². The molecule has 0 fully saturated rings. The second kappa shape index (κ2) is 7.19. The first-order chi connectivity index (χ1) is 10.1. The fourth-order valence-corrected chi connectivity index (χ4v) is 2.13. The van der Waals surface area contributed by atoms with Gasteiger partial charge < -0.3 is 20.6 Å². The third-order valence-corrected chi connectivity index (χ3v) is 3.35. The summed E-state index contributed by atoms with van der Waals surface area (Å²) in [5.41, 5.74) is 3.77. The van der Waals surface area contributed by atoms with E-state index >= 15 is 0 Å². The molecule has 3 N–H and O–H groups in total. The number of carbonyl (C=O) groups is 2. The highest BCUT2D eigenvalue weighted by molar-refractivity contribution is 9.10. The molecule has 0 radical (unpaired) electrons. The van der Waals surface area contributed by atoms with Crippen LogP contribution in [0.5, 0.6) is 0 Å². The summed E-state index contributed by atoms with van der Waals surface area (Å²) in [5, 5.41) is 2.44. The Labute approximate surface area is 137 Å². The van der Waals surface area contributed by atoms with Crippen LogP contribution in [0.1, 0.15) is 26.3 Å². The number of carbonyl (C=O) groups excluding carboxylic acids is 2. The molecule has 1 atom stereocenters. The highest BCUT2D eigenvalue weighted by atomic mass is 79.9.